The van der Waals surface area contributed by atoms with Crippen LogP contribution in [0.25, 0.3) is 5.52 Å². The Balaban J connectivity index is 2.21. The Labute approximate surface area is 136 Å². The molecule has 1 aliphatic rings. The van der Waals surface area contributed by atoms with Crippen LogP contribution in [0.15, 0.2) is 12.4 Å². The van der Waals surface area contributed by atoms with Gasteiger partial charge in [-0.2, -0.15) is 5.10 Å². The van der Waals surface area contributed by atoms with E-state index in [0.717, 1.165) is 0 Å². The molecule has 0 saturated carbocycles. The molecule has 1 saturated heterocycles. The average Bonchev–Trinajstić information content (AvgIpc) is 2.97. The molecular formula is C13H17N5O4S. The molecule has 1 fully saturated rings. The number of rotatable bonds is 3. The number of aliphatic hydroxyl groups excluding tert-OH is 2. The smallest absolute Gasteiger partial charge is 0.152 e. The van der Waals surface area contributed by atoms with Gasteiger partial charge in [-0.05, 0) is 13.0 Å². The van der Waals surface area contributed by atoms with Crippen molar-refractivity contribution in [3.8, 4) is 0 Å². The third kappa shape index (κ3) is 2.26. The standard InChI is InChI=1S/C13H17N5O4S/c1-13(21)9(20)7(3-19)22-10(13)6-2-5(12(15)23)8-11(14)16-4-17-18(6)8/h2,4,7,9-10,19-21H,3H2,1H3,(H2,15,23)(H2,14,16,17)/t7-,9-,10+,13-/m1/s1. The summed E-state index contributed by atoms with van der Waals surface area (Å²) in [5.74, 6) is 0.172. The van der Waals surface area contributed by atoms with E-state index < -0.39 is 30.5 Å². The van der Waals surface area contributed by atoms with E-state index in [1.54, 1.807) is 6.07 Å². The minimum Gasteiger partial charge on any atom is -0.394 e. The number of nitrogen functional groups attached to an aromatic ring is 1. The van der Waals surface area contributed by atoms with E-state index in [0.29, 0.717) is 16.8 Å². The second-order valence-corrected chi connectivity index (χ2v) is 6.10. The number of anilines is 1. The van der Waals surface area contributed by atoms with Crippen LogP contribution < -0.4 is 11.5 Å². The van der Waals surface area contributed by atoms with Crippen molar-refractivity contribution in [1.82, 2.24) is 14.6 Å². The number of hydrogen-bond donors (Lipinski definition) is 5. The fourth-order valence-electron chi connectivity index (χ4n) is 2.90. The lowest BCUT2D eigenvalue weighted by molar-refractivity contribution is -0.0664. The molecule has 2 aromatic rings. The molecule has 4 atom stereocenters. The van der Waals surface area contributed by atoms with Crippen LogP contribution in [0.1, 0.15) is 24.3 Å². The van der Waals surface area contributed by atoms with Crippen molar-refractivity contribution in [1.29, 1.82) is 0 Å². The maximum atomic E-state index is 10.6. The SMILES string of the molecule is C[C@@]1(O)[C@H](O)[C@@H](CO)O[C@H]1c1cc(C(N)=S)c2c(N)ncnn12. The molecule has 2 aromatic heterocycles. The highest BCUT2D eigenvalue weighted by molar-refractivity contribution is 7.80. The molecule has 0 aromatic carbocycles. The van der Waals surface area contributed by atoms with Gasteiger partial charge in [-0.15, -0.1) is 0 Å². The summed E-state index contributed by atoms with van der Waals surface area (Å²) in [6.45, 7) is 0.985. The second kappa shape index (κ2) is 5.35. The quantitative estimate of drug-likeness (QED) is 0.420. The van der Waals surface area contributed by atoms with Gasteiger partial charge in [0.2, 0.25) is 0 Å². The van der Waals surface area contributed by atoms with Crippen LogP contribution in [0.4, 0.5) is 5.82 Å². The molecular weight excluding hydrogens is 322 g/mol. The van der Waals surface area contributed by atoms with Gasteiger partial charge in [0.15, 0.2) is 5.82 Å². The van der Waals surface area contributed by atoms with Crippen LogP contribution >= 0.6 is 12.2 Å². The molecule has 7 N–H and O–H groups in total. The van der Waals surface area contributed by atoms with Crippen LogP contribution in [0, 0.1) is 0 Å². The van der Waals surface area contributed by atoms with E-state index in [4.69, 9.17) is 28.4 Å². The van der Waals surface area contributed by atoms with Crippen molar-refractivity contribution in [2.75, 3.05) is 12.3 Å². The Kier molecular flexibility index (Phi) is 3.73. The molecule has 0 bridgehead atoms. The third-order valence-corrected chi connectivity index (χ3v) is 4.34. The zero-order valence-electron chi connectivity index (χ0n) is 12.2. The molecule has 1 aliphatic heterocycles. The van der Waals surface area contributed by atoms with E-state index in [2.05, 4.69) is 10.1 Å². The number of aliphatic hydroxyl groups is 3. The van der Waals surface area contributed by atoms with Crippen molar-refractivity contribution < 1.29 is 20.1 Å². The lowest BCUT2D eigenvalue weighted by Crippen LogP contribution is -2.43. The predicted octanol–water partition coefficient (Wildman–Crippen LogP) is -1.51. The normalized spacial score (nSPS) is 30.9. The van der Waals surface area contributed by atoms with Crippen LogP contribution in [0.3, 0.4) is 0 Å². The second-order valence-electron chi connectivity index (χ2n) is 5.66. The molecule has 0 unspecified atom stereocenters. The highest BCUT2D eigenvalue weighted by Gasteiger charge is 2.53. The Hall–Kier alpha value is -1.85. The molecule has 3 rings (SSSR count). The first-order valence-electron chi connectivity index (χ1n) is 6.87. The molecule has 0 radical (unpaired) electrons. The summed E-state index contributed by atoms with van der Waals surface area (Å²) in [6.07, 6.45) is -1.90. The van der Waals surface area contributed by atoms with E-state index in [1.807, 2.05) is 0 Å². The lowest BCUT2D eigenvalue weighted by atomic mass is 9.91. The zero-order chi connectivity index (χ0) is 16.9. The fraction of sp³-hybridized carbons (Fsp3) is 0.462. The number of fused-ring (bicyclic) bond motifs is 1. The van der Waals surface area contributed by atoms with Crippen molar-refractivity contribution in [3.63, 3.8) is 0 Å². The van der Waals surface area contributed by atoms with Gasteiger partial charge in [-0.25, -0.2) is 9.50 Å². The number of nitrogens with zero attached hydrogens (tertiary/aromatic N) is 3. The number of nitrogens with two attached hydrogens (primary N) is 2. The molecule has 23 heavy (non-hydrogen) atoms. The van der Waals surface area contributed by atoms with Gasteiger partial charge in [-0.1, -0.05) is 12.2 Å². The highest BCUT2D eigenvalue weighted by Crippen LogP contribution is 2.42. The highest BCUT2D eigenvalue weighted by atomic mass is 32.1. The van der Waals surface area contributed by atoms with Crippen LogP contribution in [0.2, 0.25) is 0 Å². The van der Waals surface area contributed by atoms with Crippen molar-refractivity contribution in [2.24, 2.45) is 5.73 Å². The van der Waals surface area contributed by atoms with E-state index in [-0.39, 0.29) is 10.8 Å². The van der Waals surface area contributed by atoms with Crippen LogP contribution in [0.5, 0.6) is 0 Å². The Morgan fingerprint density at radius 2 is 2.26 bits per heavy atom. The summed E-state index contributed by atoms with van der Waals surface area (Å²) in [5.41, 5.74) is 11.2. The monoisotopic (exact) mass is 339 g/mol. The lowest BCUT2D eigenvalue weighted by Gasteiger charge is -2.26. The Bertz CT molecular complexity index is 777. The molecule has 124 valence electrons. The van der Waals surface area contributed by atoms with Gasteiger partial charge in [0.25, 0.3) is 0 Å². The fourth-order valence-corrected chi connectivity index (χ4v) is 3.05. The molecule has 10 heteroatoms. The number of hydrogen-bond acceptors (Lipinski definition) is 8. The number of ether oxygens (including phenoxy) is 1. The molecule has 0 amide bonds. The summed E-state index contributed by atoms with van der Waals surface area (Å²) >= 11 is 5.02. The number of thiocarbonyl (C=S) groups is 1. The predicted molar refractivity (Wildman–Crippen MR) is 84.6 cm³/mol. The van der Waals surface area contributed by atoms with E-state index in [9.17, 15) is 15.3 Å². The third-order valence-electron chi connectivity index (χ3n) is 4.12. The van der Waals surface area contributed by atoms with Crippen molar-refractivity contribution in [3.05, 3.63) is 23.7 Å². The van der Waals surface area contributed by atoms with Gasteiger partial charge in [-0.3, -0.25) is 0 Å². The van der Waals surface area contributed by atoms with Crippen LogP contribution in [-0.4, -0.2) is 59.3 Å². The zero-order valence-corrected chi connectivity index (χ0v) is 13.1. The Morgan fingerprint density at radius 1 is 1.57 bits per heavy atom. The van der Waals surface area contributed by atoms with Gasteiger partial charge in [0.05, 0.1) is 12.3 Å². The Morgan fingerprint density at radius 3 is 2.83 bits per heavy atom. The largest absolute Gasteiger partial charge is 0.394 e. The average molecular weight is 339 g/mol. The number of aromatic nitrogens is 3. The van der Waals surface area contributed by atoms with E-state index in [1.165, 1.54) is 17.8 Å². The van der Waals surface area contributed by atoms with Gasteiger partial charge in [0, 0.05) is 5.56 Å². The molecule has 9 nitrogen and oxygen atoms in total. The minimum atomic E-state index is -1.64. The first kappa shape index (κ1) is 16.0. The topological polar surface area (TPSA) is 152 Å². The summed E-state index contributed by atoms with van der Waals surface area (Å²) in [7, 11) is 0. The van der Waals surface area contributed by atoms with Gasteiger partial charge in [0.1, 0.15) is 40.7 Å². The van der Waals surface area contributed by atoms with Gasteiger partial charge >= 0.3 is 0 Å². The van der Waals surface area contributed by atoms with Crippen molar-refractivity contribution in [2.45, 2.75) is 30.8 Å². The maximum Gasteiger partial charge on any atom is 0.152 e. The minimum absolute atomic E-state index is 0.0900. The molecule has 3 heterocycles. The first-order chi connectivity index (χ1) is 10.8. The summed E-state index contributed by atoms with van der Waals surface area (Å²) < 4.78 is 7.03. The van der Waals surface area contributed by atoms with Gasteiger partial charge < -0.3 is 31.5 Å². The first-order valence-corrected chi connectivity index (χ1v) is 7.28. The van der Waals surface area contributed by atoms with Crippen LogP contribution in [-0.2, 0) is 4.74 Å². The molecule has 0 spiro atoms. The summed E-state index contributed by atoms with van der Waals surface area (Å²) in [6, 6.07) is 1.59. The van der Waals surface area contributed by atoms with E-state index >= 15 is 0 Å². The molecule has 0 aliphatic carbocycles. The summed E-state index contributed by atoms with van der Waals surface area (Å²) in [4.78, 5) is 4.00. The maximum absolute atomic E-state index is 10.6. The summed E-state index contributed by atoms with van der Waals surface area (Å²) in [5, 5.41) is 34.2. The van der Waals surface area contributed by atoms with Crippen molar-refractivity contribution >= 4 is 28.5 Å².